The summed E-state index contributed by atoms with van der Waals surface area (Å²) in [5, 5.41) is 0. The molecule has 0 saturated heterocycles. The van der Waals surface area contributed by atoms with Gasteiger partial charge in [-0.25, -0.2) is 4.98 Å². The Hall–Kier alpha value is -1.65. The van der Waals surface area contributed by atoms with E-state index in [-0.39, 0.29) is 6.04 Å². The number of nitrogens with one attached hydrogen (secondary N) is 1. The number of H-pyrrole nitrogens is 1. The van der Waals surface area contributed by atoms with Crippen LogP contribution in [0.25, 0.3) is 11.3 Å². The van der Waals surface area contributed by atoms with Crippen LogP contribution in [0.5, 0.6) is 0 Å². The molecule has 0 amide bonds. The number of benzene rings is 1. The third-order valence-corrected chi connectivity index (χ3v) is 3.53. The number of aromatic nitrogens is 2. The van der Waals surface area contributed by atoms with Crippen LogP contribution in [0.2, 0.25) is 0 Å². The molecule has 1 atom stereocenters. The average Bonchev–Trinajstić information content (AvgIpc) is 2.95. The maximum atomic E-state index is 6.16. The van der Waals surface area contributed by atoms with Gasteiger partial charge < -0.3 is 15.5 Å². The van der Waals surface area contributed by atoms with Crippen molar-refractivity contribution in [3.8, 4) is 11.3 Å². The lowest BCUT2D eigenvalue weighted by Crippen LogP contribution is -2.14. The van der Waals surface area contributed by atoms with E-state index in [9.17, 15) is 0 Å². The minimum atomic E-state index is -0.0280. The van der Waals surface area contributed by atoms with Gasteiger partial charge in [0.25, 0.3) is 0 Å². The van der Waals surface area contributed by atoms with E-state index in [1.165, 1.54) is 5.56 Å². The summed E-state index contributed by atoms with van der Waals surface area (Å²) in [5.74, 6) is 1.43. The molecule has 2 aromatic rings. The monoisotopic (exact) mass is 287 g/mol. The molecule has 1 aromatic heterocycles. The highest BCUT2D eigenvalue weighted by molar-refractivity contribution is 5.58. The van der Waals surface area contributed by atoms with Crippen molar-refractivity contribution >= 4 is 0 Å². The smallest absolute Gasteiger partial charge is 0.123 e. The molecule has 4 heteroatoms. The van der Waals surface area contributed by atoms with Gasteiger partial charge in [-0.15, -0.1) is 0 Å². The first-order chi connectivity index (χ1) is 10.1. The molecule has 0 fully saturated rings. The van der Waals surface area contributed by atoms with Gasteiger partial charge in [-0.05, 0) is 29.9 Å². The highest BCUT2D eigenvalue weighted by Crippen LogP contribution is 2.22. The van der Waals surface area contributed by atoms with Crippen molar-refractivity contribution in [3.63, 3.8) is 0 Å². The Morgan fingerprint density at radius 3 is 2.57 bits per heavy atom. The third kappa shape index (κ3) is 4.41. The Morgan fingerprint density at radius 2 is 1.95 bits per heavy atom. The molecule has 0 aliphatic rings. The molecular weight excluding hydrogens is 262 g/mol. The highest BCUT2D eigenvalue weighted by atomic mass is 16.5. The molecule has 4 nitrogen and oxygen atoms in total. The fraction of sp³-hybridized carbons (Fsp3) is 0.471. The van der Waals surface area contributed by atoms with E-state index in [1.54, 1.807) is 7.11 Å². The minimum Gasteiger partial charge on any atom is -0.384 e. The van der Waals surface area contributed by atoms with E-state index in [0.29, 0.717) is 5.92 Å². The van der Waals surface area contributed by atoms with Gasteiger partial charge in [0.2, 0.25) is 0 Å². The van der Waals surface area contributed by atoms with Crippen LogP contribution in [0.1, 0.15) is 37.7 Å². The summed E-state index contributed by atoms with van der Waals surface area (Å²) in [6.07, 6.45) is 3.73. The highest BCUT2D eigenvalue weighted by Gasteiger charge is 2.12. The van der Waals surface area contributed by atoms with Gasteiger partial charge in [0.15, 0.2) is 0 Å². The summed E-state index contributed by atoms with van der Waals surface area (Å²) in [7, 11) is 1.72. The molecule has 114 valence electrons. The first-order valence-electron chi connectivity index (χ1n) is 7.49. The molecule has 1 aromatic carbocycles. The molecule has 21 heavy (non-hydrogen) atoms. The van der Waals surface area contributed by atoms with E-state index < -0.39 is 0 Å². The second-order valence-corrected chi connectivity index (χ2v) is 5.86. The Morgan fingerprint density at radius 1 is 1.24 bits per heavy atom. The van der Waals surface area contributed by atoms with Gasteiger partial charge in [-0.1, -0.05) is 38.1 Å². The fourth-order valence-electron chi connectivity index (χ4n) is 2.36. The number of hydrogen-bond donors (Lipinski definition) is 2. The molecular formula is C17H25N3O. The van der Waals surface area contributed by atoms with Gasteiger partial charge in [-0.3, -0.25) is 0 Å². The van der Waals surface area contributed by atoms with Crippen LogP contribution in [0.4, 0.5) is 0 Å². The summed E-state index contributed by atoms with van der Waals surface area (Å²) in [4.78, 5) is 7.75. The summed E-state index contributed by atoms with van der Waals surface area (Å²) >= 11 is 0. The second-order valence-electron chi connectivity index (χ2n) is 5.86. The third-order valence-electron chi connectivity index (χ3n) is 3.53. The average molecular weight is 287 g/mol. The van der Waals surface area contributed by atoms with Crippen molar-refractivity contribution in [3.05, 3.63) is 41.9 Å². The molecule has 1 heterocycles. The lowest BCUT2D eigenvalue weighted by molar-refractivity contribution is 0.202. The van der Waals surface area contributed by atoms with E-state index in [2.05, 4.69) is 48.1 Å². The Balaban J connectivity index is 2.06. The van der Waals surface area contributed by atoms with Gasteiger partial charge >= 0.3 is 0 Å². The van der Waals surface area contributed by atoms with Gasteiger partial charge in [-0.2, -0.15) is 0 Å². The van der Waals surface area contributed by atoms with Gasteiger partial charge in [0.1, 0.15) is 5.82 Å². The van der Waals surface area contributed by atoms with Crippen molar-refractivity contribution < 1.29 is 4.74 Å². The van der Waals surface area contributed by atoms with Crippen molar-refractivity contribution in [2.45, 2.75) is 32.7 Å². The predicted molar refractivity (Wildman–Crippen MR) is 86.0 cm³/mol. The van der Waals surface area contributed by atoms with Crippen molar-refractivity contribution in [1.82, 2.24) is 9.97 Å². The van der Waals surface area contributed by atoms with Crippen molar-refractivity contribution in [2.24, 2.45) is 11.7 Å². The quantitative estimate of drug-likeness (QED) is 0.821. The number of methoxy groups -OCH3 is 1. The first-order valence-corrected chi connectivity index (χ1v) is 7.49. The second kappa shape index (κ2) is 7.38. The summed E-state index contributed by atoms with van der Waals surface area (Å²) < 4.78 is 5.09. The van der Waals surface area contributed by atoms with E-state index in [1.807, 2.05) is 6.20 Å². The number of ether oxygens (including phenoxy) is 1. The molecule has 1 unspecified atom stereocenters. The largest absolute Gasteiger partial charge is 0.384 e. The lowest BCUT2D eigenvalue weighted by atomic mass is 10.0. The number of nitrogens with two attached hydrogens (primary N) is 1. The summed E-state index contributed by atoms with van der Waals surface area (Å²) in [6.45, 7) is 5.09. The number of nitrogens with zero attached hydrogens (tertiary/aromatic N) is 1. The molecule has 0 saturated carbocycles. The number of aromatic amines is 1. The molecule has 0 radical (unpaired) electrons. The molecule has 0 aliphatic heterocycles. The maximum absolute atomic E-state index is 6.16. The van der Waals surface area contributed by atoms with E-state index in [4.69, 9.17) is 10.5 Å². The number of rotatable bonds is 7. The zero-order valence-electron chi connectivity index (χ0n) is 13.1. The predicted octanol–water partition coefficient (Wildman–Crippen LogP) is 3.31. The van der Waals surface area contributed by atoms with Crippen LogP contribution in [-0.2, 0) is 11.2 Å². The van der Waals surface area contributed by atoms with E-state index >= 15 is 0 Å². The minimum absolute atomic E-state index is 0.0280. The number of imidazole rings is 1. The van der Waals surface area contributed by atoms with Gasteiger partial charge in [0.05, 0.1) is 24.5 Å². The Bertz CT molecular complexity index is 545. The molecule has 0 bridgehead atoms. The molecule has 0 aliphatic carbocycles. The standard InChI is InChI=1S/C17H25N3O/c1-12(2)10-15(18)17-19-11-16(20-17)14-6-4-13(5-7-14)8-9-21-3/h4-7,11-12,15H,8-10,18H2,1-3H3,(H,19,20). The SMILES string of the molecule is COCCc1ccc(-c2cnc(C(N)CC(C)C)[nH]2)cc1. The topological polar surface area (TPSA) is 63.9 Å². The van der Waals surface area contributed by atoms with Crippen LogP contribution in [0.3, 0.4) is 0 Å². The lowest BCUT2D eigenvalue weighted by Gasteiger charge is -2.11. The molecule has 2 rings (SSSR count). The van der Waals surface area contributed by atoms with Crippen LogP contribution in [0, 0.1) is 5.92 Å². The molecule has 0 spiro atoms. The van der Waals surface area contributed by atoms with Crippen LogP contribution >= 0.6 is 0 Å². The van der Waals surface area contributed by atoms with Crippen molar-refractivity contribution in [2.75, 3.05) is 13.7 Å². The van der Waals surface area contributed by atoms with Gasteiger partial charge in [0, 0.05) is 7.11 Å². The Labute approximate surface area is 126 Å². The van der Waals surface area contributed by atoms with E-state index in [0.717, 1.165) is 36.5 Å². The first kappa shape index (κ1) is 15.7. The maximum Gasteiger partial charge on any atom is 0.123 e. The fourth-order valence-corrected chi connectivity index (χ4v) is 2.36. The zero-order chi connectivity index (χ0) is 15.2. The normalized spacial score (nSPS) is 12.8. The summed E-state index contributed by atoms with van der Waals surface area (Å²) in [6, 6.07) is 8.44. The number of hydrogen-bond acceptors (Lipinski definition) is 3. The summed E-state index contributed by atoms with van der Waals surface area (Å²) in [5.41, 5.74) is 9.58. The Kier molecular flexibility index (Phi) is 5.53. The zero-order valence-corrected chi connectivity index (χ0v) is 13.1. The molecule has 3 N–H and O–H groups in total. The van der Waals surface area contributed by atoms with Crippen molar-refractivity contribution in [1.29, 1.82) is 0 Å². The van der Waals surface area contributed by atoms with Crippen LogP contribution < -0.4 is 5.73 Å². The van der Waals surface area contributed by atoms with Crippen LogP contribution in [0.15, 0.2) is 30.5 Å². The van der Waals surface area contributed by atoms with Crippen LogP contribution in [-0.4, -0.2) is 23.7 Å².